The number of aryl methyl sites for hydroxylation is 3. The van der Waals surface area contributed by atoms with Crippen molar-refractivity contribution in [3.8, 4) is 33.5 Å². The predicted molar refractivity (Wildman–Crippen MR) is 290 cm³/mol. The molecule has 0 saturated heterocycles. The number of aromatic nitrogens is 1. The van der Waals surface area contributed by atoms with Crippen LogP contribution in [0.4, 0.5) is 4.32 Å². The Morgan fingerprint density at radius 2 is 1.18 bits per heavy atom. The van der Waals surface area contributed by atoms with E-state index in [-0.39, 0.29) is 0 Å². The molecule has 0 spiro atoms. The molecule has 0 N–H and O–H groups in total. The standard InChI is InChI=1S/C64H59BFN2/c1-8-11-26-46(9-2)54-37-25-38-55(51(54)10-3)52-35-24-36-53(45(52)7)60-59(49-31-20-14-21-32-49)63(67-62(60)50-33-22-15-23-34-50)61(58-43(5)39-42(4)40-44(58)6)64-56(47-27-16-12-17-28-47)41-57(68(64)65-66)48-29-18-13-19-30-48/h10,12-25,27-41,46H,3,8-9,11,26H2,1-2,4-7H3/b63-61-. The van der Waals surface area contributed by atoms with Crippen molar-refractivity contribution in [1.29, 1.82) is 0 Å². The van der Waals surface area contributed by atoms with E-state index in [2.05, 4.69) is 206 Å². The molecule has 0 bridgehead atoms. The van der Waals surface area contributed by atoms with Crippen molar-refractivity contribution in [3.63, 3.8) is 0 Å². The van der Waals surface area contributed by atoms with Gasteiger partial charge in [-0.3, -0.25) is 0 Å². The van der Waals surface area contributed by atoms with Crippen LogP contribution in [0.15, 0.2) is 193 Å². The van der Waals surface area contributed by atoms with Crippen LogP contribution in [0.3, 0.4) is 0 Å². The van der Waals surface area contributed by atoms with E-state index >= 15 is 4.32 Å². The Kier molecular flexibility index (Phi) is 13.7. The summed E-state index contributed by atoms with van der Waals surface area (Å²) < 4.78 is 18.2. The van der Waals surface area contributed by atoms with Gasteiger partial charge in [0, 0.05) is 39.2 Å². The first-order valence-corrected chi connectivity index (χ1v) is 24.2. The van der Waals surface area contributed by atoms with Gasteiger partial charge in [-0.15, -0.1) is 0 Å². The molecular weight excluding hydrogens is 827 g/mol. The van der Waals surface area contributed by atoms with E-state index in [1.807, 2.05) is 24.3 Å². The van der Waals surface area contributed by atoms with Crippen molar-refractivity contribution in [2.75, 3.05) is 0 Å². The van der Waals surface area contributed by atoms with Gasteiger partial charge in [-0.05, 0) is 119 Å². The first kappa shape index (κ1) is 45.8. The largest absolute Gasteiger partial charge is 0.495 e. The Hall–Kier alpha value is -7.30. The SMILES string of the molecule is C=Cc1c(-c2cccc(C3=C(c4ccccc4)/C(=C(\c4c(C)cc(C)cc4C)c4c(-c5ccccc5)cc(-c5ccccc5)n4[B]F)N=C3c3ccccc3)c2C)cccc1C(CC)CCCC. The summed E-state index contributed by atoms with van der Waals surface area (Å²) >= 11 is 0. The van der Waals surface area contributed by atoms with E-state index in [4.69, 9.17) is 4.99 Å². The minimum atomic E-state index is 0.453. The number of aliphatic imine (C=N–C) groups is 1. The van der Waals surface area contributed by atoms with Gasteiger partial charge < -0.3 is 8.79 Å². The second-order valence-corrected chi connectivity index (χ2v) is 18.2. The van der Waals surface area contributed by atoms with E-state index < -0.39 is 0 Å². The smallest absolute Gasteiger partial charge is 0.357 e. The van der Waals surface area contributed by atoms with Crippen molar-refractivity contribution in [2.24, 2.45) is 4.99 Å². The quantitative estimate of drug-likeness (QED) is 0.0913. The number of rotatable bonds is 15. The number of allylic oxidation sites excluding steroid dienone is 2. The predicted octanol–water partition coefficient (Wildman–Crippen LogP) is 17.3. The molecule has 1 unspecified atom stereocenters. The van der Waals surface area contributed by atoms with Crippen LogP contribution in [-0.4, -0.2) is 17.9 Å². The third-order valence-electron chi connectivity index (χ3n) is 13.8. The van der Waals surface area contributed by atoms with Crippen molar-refractivity contribution < 1.29 is 4.32 Å². The zero-order valence-corrected chi connectivity index (χ0v) is 40.3. The van der Waals surface area contributed by atoms with Crippen molar-refractivity contribution in [3.05, 3.63) is 250 Å². The summed E-state index contributed by atoms with van der Waals surface area (Å²) in [5.74, 6) is 0.453. The second kappa shape index (κ2) is 20.3. The Morgan fingerprint density at radius 1 is 0.618 bits per heavy atom. The maximum absolute atomic E-state index is 16.4. The van der Waals surface area contributed by atoms with Crippen LogP contribution in [0, 0.1) is 27.7 Å². The maximum Gasteiger partial charge on any atom is 0.495 e. The fourth-order valence-corrected chi connectivity index (χ4v) is 10.7. The topological polar surface area (TPSA) is 17.3 Å². The van der Waals surface area contributed by atoms with E-state index in [0.29, 0.717) is 5.92 Å². The molecule has 0 fully saturated rings. The van der Waals surface area contributed by atoms with Gasteiger partial charge in [-0.1, -0.05) is 215 Å². The van der Waals surface area contributed by atoms with Crippen LogP contribution >= 0.6 is 0 Å². The van der Waals surface area contributed by atoms with E-state index in [1.165, 1.54) is 40.7 Å². The molecule has 335 valence electrons. The van der Waals surface area contributed by atoms with Crippen molar-refractivity contribution in [1.82, 2.24) is 4.48 Å². The lowest BCUT2D eigenvalue weighted by Crippen LogP contribution is -2.11. The third-order valence-corrected chi connectivity index (χ3v) is 13.8. The molecular formula is C64H59BFN2. The van der Waals surface area contributed by atoms with Gasteiger partial charge in [-0.2, -0.15) is 0 Å². The van der Waals surface area contributed by atoms with Crippen LogP contribution in [0.25, 0.3) is 56.3 Å². The molecule has 2 nitrogen and oxygen atoms in total. The molecule has 8 aromatic rings. The third kappa shape index (κ3) is 8.61. The average Bonchev–Trinajstić information content (AvgIpc) is 3.96. The van der Waals surface area contributed by atoms with Gasteiger partial charge in [0.05, 0.1) is 11.4 Å². The first-order chi connectivity index (χ1) is 33.3. The summed E-state index contributed by atoms with van der Waals surface area (Å²) in [6.07, 6.45) is 6.66. The molecule has 2 heterocycles. The van der Waals surface area contributed by atoms with Crippen LogP contribution in [0.1, 0.15) is 107 Å². The zero-order valence-electron chi connectivity index (χ0n) is 40.3. The Balaban J connectivity index is 1.45. The fraction of sp³-hybridized carbons (Fsp3) is 0.172. The van der Waals surface area contributed by atoms with Crippen molar-refractivity contribution >= 4 is 36.2 Å². The summed E-state index contributed by atoms with van der Waals surface area (Å²) in [6, 6.07) is 61.8. The summed E-state index contributed by atoms with van der Waals surface area (Å²) in [7, 11) is 0.734. The molecule has 1 aliphatic heterocycles. The van der Waals surface area contributed by atoms with Crippen LogP contribution < -0.4 is 0 Å². The number of unbranched alkanes of at least 4 members (excludes halogenated alkanes) is 1. The summed E-state index contributed by atoms with van der Waals surface area (Å²) in [6.45, 7) is 17.7. The molecule has 1 atom stereocenters. The van der Waals surface area contributed by atoms with Crippen LogP contribution in [0.5, 0.6) is 0 Å². The highest BCUT2D eigenvalue weighted by Gasteiger charge is 2.35. The molecule has 9 rings (SSSR count). The number of nitrogens with zero attached hydrogens (tertiary/aromatic N) is 2. The fourth-order valence-electron chi connectivity index (χ4n) is 10.7. The van der Waals surface area contributed by atoms with Crippen LogP contribution in [0.2, 0.25) is 0 Å². The molecule has 1 radical (unpaired) electrons. The molecule has 0 aliphatic carbocycles. The first-order valence-electron chi connectivity index (χ1n) is 24.2. The lowest BCUT2D eigenvalue weighted by atomic mass is 9.81. The Bertz CT molecular complexity index is 3190. The Labute approximate surface area is 404 Å². The molecule has 4 heteroatoms. The second-order valence-electron chi connectivity index (χ2n) is 18.2. The van der Waals surface area contributed by atoms with Gasteiger partial charge in [0.2, 0.25) is 0 Å². The number of hydrogen-bond acceptors (Lipinski definition) is 1. The Morgan fingerprint density at radius 3 is 1.76 bits per heavy atom. The molecule has 68 heavy (non-hydrogen) atoms. The summed E-state index contributed by atoms with van der Waals surface area (Å²) in [5.41, 5.74) is 22.4. The molecule has 1 aromatic heterocycles. The van der Waals surface area contributed by atoms with E-state index in [1.54, 1.807) is 4.48 Å². The van der Waals surface area contributed by atoms with Gasteiger partial charge >= 0.3 is 7.69 Å². The maximum atomic E-state index is 16.4. The number of hydrogen-bond donors (Lipinski definition) is 0. The van der Waals surface area contributed by atoms with Crippen molar-refractivity contribution in [2.45, 2.75) is 73.1 Å². The van der Waals surface area contributed by atoms with Gasteiger partial charge in [0.15, 0.2) is 0 Å². The minimum Gasteiger partial charge on any atom is -0.357 e. The highest BCUT2D eigenvalue weighted by molar-refractivity contribution is 6.42. The summed E-state index contributed by atoms with van der Waals surface area (Å²) in [5, 5.41) is 0. The minimum absolute atomic E-state index is 0.453. The number of halogens is 1. The molecule has 1 aliphatic rings. The summed E-state index contributed by atoms with van der Waals surface area (Å²) in [4.78, 5) is 5.93. The highest BCUT2D eigenvalue weighted by atomic mass is 19.1. The highest BCUT2D eigenvalue weighted by Crippen LogP contribution is 2.51. The molecule has 0 saturated carbocycles. The monoisotopic (exact) mass is 885 g/mol. The van der Waals surface area contributed by atoms with E-state index in [9.17, 15) is 0 Å². The zero-order chi connectivity index (χ0) is 47.3. The van der Waals surface area contributed by atoms with Crippen LogP contribution in [-0.2, 0) is 0 Å². The number of benzene rings is 7. The average molecular weight is 886 g/mol. The lowest BCUT2D eigenvalue weighted by Gasteiger charge is -2.23. The van der Waals surface area contributed by atoms with E-state index in [0.717, 1.165) is 116 Å². The van der Waals surface area contributed by atoms with Gasteiger partial charge in [0.1, 0.15) is 0 Å². The normalized spacial score (nSPS) is 13.7. The van der Waals surface area contributed by atoms with Gasteiger partial charge in [-0.25, -0.2) is 4.99 Å². The van der Waals surface area contributed by atoms with Gasteiger partial charge in [0.25, 0.3) is 0 Å². The molecule has 0 amide bonds. The molecule has 7 aromatic carbocycles. The lowest BCUT2D eigenvalue weighted by molar-refractivity contribution is 0.569.